The molecule has 0 aliphatic heterocycles. The van der Waals surface area contributed by atoms with Gasteiger partial charge in [0.15, 0.2) is 0 Å². The lowest BCUT2D eigenvalue weighted by Gasteiger charge is -2.33. The lowest BCUT2D eigenvalue weighted by atomic mass is 9.84. The number of likely N-dealkylation sites (N-methyl/N-ethyl adjacent to an activating group) is 1. The van der Waals surface area contributed by atoms with Crippen molar-refractivity contribution < 1.29 is 4.39 Å². The Morgan fingerprint density at radius 1 is 1.25 bits per heavy atom. The molecule has 2 rings (SSSR count). The summed E-state index contributed by atoms with van der Waals surface area (Å²) in [4.78, 5) is 2.18. The summed E-state index contributed by atoms with van der Waals surface area (Å²) in [5.41, 5.74) is 7.12. The minimum atomic E-state index is -0.127. The Labute approximate surface area is 122 Å². The first-order valence-electron chi connectivity index (χ1n) is 7.80. The first-order chi connectivity index (χ1) is 9.59. The van der Waals surface area contributed by atoms with Crippen LogP contribution in [0.2, 0.25) is 0 Å². The zero-order valence-corrected chi connectivity index (χ0v) is 12.7. The quantitative estimate of drug-likeness (QED) is 0.889. The molecule has 20 heavy (non-hydrogen) atoms. The average Bonchev–Trinajstić information content (AvgIpc) is 2.48. The third kappa shape index (κ3) is 3.80. The number of benzene rings is 1. The van der Waals surface area contributed by atoms with Gasteiger partial charge in [0.05, 0.1) is 0 Å². The molecule has 0 amide bonds. The summed E-state index contributed by atoms with van der Waals surface area (Å²) >= 11 is 0. The monoisotopic (exact) mass is 278 g/mol. The predicted octanol–water partition coefficient (Wildman–Crippen LogP) is 3.73. The standard InChI is InChI=1S/C17H27FN2/c1-13(15-10-6-7-11-16(15)18)20(2)12-17(19)14-8-4-3-5-9-14/h6-7,10-11,13-14,17H,3-5,8-9,12,19H2,1-2H3. The van der Waals surface area contributed by atoms with Crippen LogP contribution in [0.15, 0.2) is 24.3 Å². The maximum absolute atomic E-state index is 13.8. The Kier molecular flexibility index (Phi) is 5.55. The number of halogens is 1. The van der Waals surface area contributed by atoms with Crippen LogP contribution in [-0.2, 0) is 0 Å². The second kappa shape index (κ2) is 7.19. The molecule has 0 aromatic heterocycles. The number of rotatable bonds is 5. The van der Waals surface area contributed by atoms with Crippen LogP contribution in [0.4, 0.5) is 4.39 Å². The van der Waals surface area contributed by atoms with Crippen LogP contribution in [-0.4, -0.2) is 24.5 Å². The number of hydrogen-bond donors (Lipinski definition) is 1. The third-order valence-electron chi connectivity index (χ3n) is 4.77. The van der Waals surface area contributed by atoms with Crippen molar-refractivity contribution in [2.45, 2.75) is 51.1 Å². The molecule has 0 heterocycles. The van der Waals surface area contributed by atoms with Gasteiger partial charge in [0, 0.05) is 24.2 Å². The molecule has 1 fully saturated rings. The topological polar surface area (TPSA) is 29.3 Å². The minimum Gasteiger partial charge on any atom is -0.326 e. The number of hydrogen-bond acceptors (Lipinski definition) is 2. The molecule has 1 aromatic rings. The van der Waals surface area contributed by atoms with E-state index in [-0.39, 0.29) is 17.9 Å². The van der Waals surface area contributed by atoms with E-state index < -0.39 is 0 Å². The summed E-state index contributed by atoms with van der Waals surface area (Å²) in [5, 5.41) is 0. The summed E-state index contributed by atoms with van der Waals surface area (Å²) in [6.45, 7) is 2.88. The normalized spacial score (nSPS) is 20.1. The van der Waals surface area contributed by atoms with E-state index in [0.717, 1.165) is 12.1 Å². The largest absolute Gasteiger partial charge is 0.326 e. The average molecular weight is 278 g/mol. The molecule has 1 aliphatic rings. The molecule has 1 aromatic carbocycles. The van der Waals surface area contributed by atoms with Crippen LogP contribution in [0.25, 0.3) is 0 Å². The van der Waals surface area contributed by atoms with Gasteiger partial charge in [0.1, 0.15) is 5.82 Å². The van der Waals surface area contributed by atoms with Crippen molar-refractivity contribution in [2.75, 3.05) is 13.6 Å². The lowest BCUT2D eigenvalue weighted by molar-refractivity contribution is 0.196. The molecular formula is C17H27FN2. The van der Waals surface area contributed by atoms with Crippen molar-refractivity contribution in [3.8, 4) is 0 Å². The first kappa shape index (κ1) is 15.5. The van der Waals surface area contributed by atoms with Crippen LogP contribution >= 0.6 is 0 Å². The van der Waals surface area contributed by atoms with Crippen LogP contribution < -0.4 is 5.73 Å². The number of nitrogens with zero attached hydrogens (tertiary/aromatic N) is 1. The SMILES string of the molecule is CC(c1ccccc1F)N(C)CC(N)C1CCCCC1. The van der Waals surface area contributed by atoms with E-state index in [1.807, 2.05) is 26.1 Å². The highest BCUT2D eigenvalue weighted by atomic mass is 19.1. The fourth-order valence-electron chi connectivity index (χ4n) is 3.25. The van der Waals surface area contributed by atoms with Gasteiger partial charge in [-0.15, -0.1) is 0 Å². The smallest absolute Gasteiger partial charge is 0.127 e. The highest BCUT2D eigenvalue weighted by Gasteiger charge is 2.24. The predicted molar refractivity (Wildman–Crippen MR) is 82.0 cm³/mol. The molecule has 112 valence electrons. The summed E-state index contributed by atoms with van der Waals surface area (Å²) in [7, 11) is 2.04. The second-order valence-electron chi connectivity index (χ2n) is 6.20. The van der Waals surface area contributed by atoms with Gasteiger partial charge in [0.2, 0.25) is 0 Å². The maximum Gasteiger partial charge on any atom is 0.127 e. The molecule has 0 saturated heterocycles. The molecule has 1 aliphatic carbocycles. The first-order valence-corrected chi connectivity index (χ1v) is 7.80. The molecule has 1 saturated carbocycles. The van der Waals surface area contributed by atoms with Gasteiger partial charge in [-0.05, 0) is 38.8 Å². The second-order valence-corrected chi connectivity index (χ2v) is 6.20. The molecule has 3 heteroatoms. The van der Waals surface area contributed by atoms with E-state index in [1.165, 1.54) is 38.2 Å². The Bertz CT molecular complexity index is 415. The molecular weight excluding hydrogens is 251 g/mol. The summed E-state index contributed by atoms with van der Waals surface area (Å²) in [6.07, 6.45) is 6.48. The van der Waals surface area contributed by atoms with Crippen molar-refractivity contribution in [3.63, 3.8) is 0 Å². The van der Waals surface area contributed by atoms with Crippen molar-refractivity contribution in [3.05, 3.63) is 35.6 Å². The highest BCUT2D eigenvalue weighted by Crippen LogP contribution is 2.27. The minimum absolute atomic E-state index is 0.0610. The van der Waals surface area contributed by atoms with Crippen LogP contribution in [0.1, 0.15) is 50.6 Å². The van der Waals surface area contributed by atoms with Gasteiger partial charge in [-0.25, -0.2) is 4.39 Å². The van der Waals surface area contributed by atoms with Gasteiger partial charge in [-0.2, -0.15) is 0 Å². The van der Waals surface area contributed by atoms with Crippen LogP contribution in [0.5, 0.6) is 0 Å². The van der Waals surface area contributed by atoms with Crippen molar-refractivity contribution in [1.29, 1.82) is 0 Å². The fourth-order valence-corrected chi connectivity index (χ4v) is 3.25. The fraction of sp³-hybridized carbons (Fsp3) is 0.647. The van der Waals surface area contributed by atoms with Crippen LogP contribution in [0, 0.1) is 11.7 Å². The van der Waals surface area contributed by atoms with Crippen molar-refractivity contribution in [2.24, 2.45) is 11.7 Å². The van der Waals surface area contributed by atoms with E-state index in [9.17, 15) is 4.39 Å². The zero-order chi connectivity index (χ0) is 14.5. The van der Waals surface area contributed by atoms with Gasteiger partial charge < -0.3 is 5.73 Å². The van der Waals surface area contributed by atoms with Crippen LogP contribution in [0.3, 0.4) is 0 Å². The molecule has 0 spiro atoms. The molecule has 0 radical (unpaired) electrons. The van der Waals surface area contributed by atoms with Crippen molar-refractivity contribution >= 4 is 0 Å². The van der Waals surface area contributed by atoms with E-state index in [4.69, 9.17) is 5.73 Å². The van der Waals surface area contributed by atoms with E-state index in [0.29, 0.717) is 5.92 Å². The molecule has 0 bridgehead atoms. The summed E-state index contributed by atoms with van der Waals surface area (Å²) in [6, 6.07) is 7.28. The van der Waals surface area contributed by atoms with E-state index >= 15 is 0 Å². The molecule has 2 N–H and O–H groups in total. The third-order valence-corrected chi connectivity index (χ3v) is 4.77. The van der Waals surface area contributed by atoms with E-state index in [1.54, 1.807) is 6.07 Å². The highest BCUT2D eigenvalue weighted by molar-refractivity contribution is 5.20. The Hall–Kier alpha value is -0.930. The Balaban J connectivity index is 1.93. The van der Waals surface area contributed by atoms with Crippen molar-refractivity contribution in [1.82, 2.24) is 4.90 Å². The Morgan fingerprint density at radius 3 is 2.55 bits per heavy atom. The molecule has 2 unspecified atom stereocenters. The lowest BCUT2D eigenvalue weighted by Crippen LogP contribution is -2.42. The van der Waals surface area contributed by atoms with Gasteiger partial charge >= 0.3 is 0 Å². The summed E-state index contributed by atoms with van der Waals surface area (Å²) < 4.78 is 13.8. The van der Waals surface area contributed by atoms with Gasteiger partial charge in [-0.1, -0.05) is 37.5 Å². The number of nitrogens with two attached hydrogens (primary N) is 1. The molecule has 2 nitrogen and oxygen atoms in total. The Morgan fingerprint density at radius 2 is 1.90 bits per heavy atom. The van der Waals surface area contributed by atoms with Gasteiger partial charge in [0.25, 0.3) is 0 Å². The maximum atomic E-state index is 13.8. The van der Waals surface area contributed by atoms with E-state index in [2.05, 4.69) is 4.90 Å². The van der Waals surface area contributed by atoms with Gasteiger partial charge in [-0.3, -0.25) is 4.90 Å². The zero-order valence-electron chi connectivity index (χ0n) is 12.7. The summed E-state index contributed by atoms with van der Waals surface area (Å²) in [5.74, 6) is 0.511. The molecule has 2 atom stereocenters.